The summed E-state index contributed by atoms with van der Waals surface area (Å²) in [5, 5.41) is 6.32. The number of amides is 1. The number of hydrogen-bond donors (Lipinski definition) is 3. The van der Waals surface area contributed by atoms with E-state index in [0.29, 0.717) is 31.4 Å². The summed E-state index contributed by atoms with van der Waals surface area (Å²) in [7, 11) is 0. The number of primary amides is 1. The van der Waals surface area contributed by atoms with Crippen molar-refractivity contribution < 1.29 is 13.9 Å². The molecule has 8 heteroatoms. The predicted octanol–water partition coefficient (Wildman–Crippen LogP) is 2.44. The highest BCUT2D eigenvalue weighted by Crippen LogP contribution is 2.11. The van der Waals surface area contributed by atoms with Crippen LogP contribution in [0.4, 0.5) is 0 Å². The van der Waals surface area contributed by atoms with Gasteiger partial charge in [-0.3, -0.25) is 4.79 Å². The van der Waals surface area contributed by atoms with E-state index in [9.17, 15) is 4.79 Å². The van der Waals surface area contributed by atoms with Crippen LogP contribution in [-0.4, -0.2) is 31.6 Å². The molecule has 0 aliphatic heterocycles. The van der Waals surface area contributed by atoms with Gasteiger partial charge in [0.25, 0.3) is 5.91 Å². The number of halogens is 1. The molecule has 142 valence electrons. The van der Waals surface area contributed by atoms with Gasteiger partial charge in [-0.05, 0) is 38.1 Å². The van der Waals surface area contributed by atoms with E-state index in [2.05, 4.69) is 15.6 Å². The topological polar surface area (TPSA) is 102 Å². The fraction of sp³-hybridized carbons (Fsp3) is 0.333. The molecule has 0 unspecified atom stereocenters. The number of furan rings is 1. The number of nitrogens with two attached hydrogens (primary N) is 1. The molecule has 4 N–H and O–H groups in total. The fourth-order valence-corrected chi connectivity index (χ4v) is 2.07. The van der Waals surface area contributed by atoms with Gasteiger partial charge in [-0.1, -0.05) is 17.7 Å². The van der Waals surface area contributed by atoms with Crippen molar-refractivity contribution >= 4 is 35.8 Å². The molecule has 1 aromatic heterocycles. The first kappa shape index (κ1) is 21.8. The zero-order valence-electron chi connectivity index (χ0n) is 15.0. The van der Waals surface area contributed by atoms with E-state index >= 15 is 0 Å². The molecule has 1 aromatic carbocycles. The number of nitrogens with zero attached hydrogens (tertiary/aromatic N) is 1. The Morgan fingerprint density at radius 2 is 1.92 bits per heavy atom. The molecule has 0 fully saturated rings. The summed E-state index contributed by atoms with van der Waals surface area (Å²) in [5.74, 6) is 1.60. The SMILES string of the molecule is CCNC(=NCc1ccc(C(N)=O)o1)NCCOc1ccc(C)cc1.I. The van der Waals surface area contributed by atoms with E-state index in [4.69, 9.17) is 14.9 Å². The first-order valence-electron chi connectivity index (χ1n) is 8.18. The number of carbonyl (C=O) groups excluding carboxylic acids is 1. The van der Waals surface area contributed by atoms with Crippen LogP contribution in [-0.2, 0) is 6.54 Å². The molecule has 0 aliphatic rings. The van der Waals surface area contributed by atoms with Gasteiger partial charge >= 0.3 is 0 Å². The van der Waals surface area contributed by atoms with Crippen molar-refractivity contribution in [1.82, 2.24) is 10.6 Å². The number of carbonyl (C=O) groups is 1. The Morgan fingerprint density at radius 3 is 2.54 bits per heavy atom. The van der Waals surface area contributed by atoms with E-state index in [1.165, 1.54) is 5.56 Å². The lowest BCUT2D eigenvalue weighted by atomic mass is 10.2. The number of ether oxygens (including phenoxy) is 1. The number of aryl methyl sites for hydroxylation is 1. The standard InChI is InChI=1S/C18H24N4O3.HI/c1-3-20-18(22-12-15-8-9-16(25-15)17(19)23)21-10-11-24-14-6-4-13(2)5-7-14;/h4-9H,3,10-12H2,1-2H3,(H2,19,23)(H2,20,21,22);1H. The van der Waals surface area contributed by atoms with Gasteiger partial charge in [0.05, 0.1) is 6.54 Å². The van der Waals surface area contributed by atoms with E-state index in [1.807, 2.05) is 38.1 Å². The van der Waals surface area contributed by atoms with Crippen molar-refractivity contribution in [2.45, 2.75) is 20.4 Å². The van der Waals surface area contributed by atoms with Crippen LogP contribution in [0.25, 0.3) is 0 Å². The lowest BCUT2D eigenvalue weighted by Gasteiger charge is -2.12. The van der Waals surface area contributed by atoms with Gasteiger partial charge < -0.3 is 25.5 Å². The lowest BCUT2D eigenvalue weighted by molar-refractivity contribution is 0.0972. The Morgan fingerprint density at radius 1 is 1.19 bits per heavy atom. The van der Waals surface area contributed by atoms with Crippen molar-refractivity contribution in [3.63, 3.8) is 0 Å². The minimum atomic E-state index is -0.589. The number of benzene rings is 1. The number of nitrogens with one attached hydrogen (secondary N) is 2. The second-order valence-corrected chi connectivity index (χ2v) is 5.41. The largest absolute Gasteiger partial charge is 0.492 e. The van der Waals surface area contributed by atoms with Crippen LogP contribution in [0.2, 0.25) is 0 Å². The number of rotatable bonds is 8. The van der Waals surface area contributed by atoms with Gasteiger partial charge in [0.15, 0.2) is 11.7 Å². The average Bonchev–Trinajstić information content (AvgIpc) is 3.07. The monoisotopic (exact) mass is 472 g/mol. The van der Waals surface area contributed by atoms with Gasteiger partial charge in [-0.15, -0.1) is 24.0 Å². The van der Waals surface area contributed by atoms with Crippen LogP contribution >= 0.6 is 24.0 Å². The Hall–Kier alpha value is -2.23. The van der Waals surface area contributed by atoms with Gasteiger partial charge in [-0.25, -0.2) is 4.99 Å². The summed E-state index contributed by atoms with van der Waals surface area (Å²) in [6.45, 7) is 6.18. The molecule has 7 nitrogen and oxygen atoms in total. The molecule has 0 radical (unpaired) electrons. The van der Waals surface area contributed by atoms with E-state index in [0.717, 1.165) is 12.3 Å². The first-order chi connectivity index (χ1) is 12.1. The molecule has 26 heavy (non-hydrogen) atoms. The Labute approximate surface area is 170 Å². The lowest BCUT2D eigenvalue weighted by Crippen LogP contribution is -2.39. The average molecular weight is 472 g/mol. The normalized spacial score (nSPS) is 10.8. The van der Waals surface area contributed by atoms with Gasteiger partial charge in [0, 0.05) is 6.54 Å². The maximum atomic E-state index is 11.0. The summed E-state index contributed by atoms with van der Waals surface area (Å²) < 4.78 is 11.0. The highest BCUT2D eigenvalue weighted by atomic mass is 127. The molecular weight excluding hydrogens is 447 g/mol. The number of hydrogen-bond acceptors (Lipinski definition) is 4. The van der Waals surface area contributed by atoms with Gasteiger partial charge in [0.1, 0.15) is 24.7 Å². The van der Waals surface area contributed by atoms with Crippen LogP contribution in [0.15, 0.2) is 45.8 Å². The van der Waals surface area contributed by atoms with Crippen LogP contribution < -0.4 is 21.1 Å². The predicted molar refractivity (Wildman–Crippen MR) is 112 cm³/mol. The molecule has 0 aliphatic carbocycles. The smallest absolute Gasteiger partial charge is 0.284 e. The first-order valence-corrected chi connectivity index (χ1v) is 8.18. The molecule has 0 spiro atoms. The zero-order chi connectivity index (χ0) is 18.1. The van der Waals surface area contributed by atoms with Gasteiger partial charge in [-0.2, -0.15) is 0 Å². The third-order valence-electron chi connectivity index (χ3n) is 3.33. The second kappa shape index (κ2) is 11.4. The Bertz CT molecular complexity index is 713. The zero-order valence-corrected chi connectivity index (χ0v) is 17.3. The summed E-state index contributed by atoms with van der Waals surface area (Å²) in [6, 6.07) is 11.1. The minimum absolute atomic E-state index is 0. The number of guanidine groups is 1. The quantitative estimate of drug-likeness (QED) is 0.237. The van der Waals surface area contributed by atoms with Crippen molar-refractivity contribution in [3.05, 3.63) is 53.5 Å². The van der Waals surface area contributed by atoms with Crippen LogP contribution in [0.1, 0.15) is 28.8 Å². The maximum Gasteiger partial charge on any atom is 0.284 e. The number of aliphatic imine (C=N–C) groups is 1. The van der Waals surface area contributed by atoms with E-state index in [1.54, 1.807) is 12.1 Å². The molecule has 1 heterocycles. The Kier molecular flexibility index (Phi) is 9.56. The molecule has 2 aromatic rings. The summed E-state index contributed by atoms with van der Waals surface area (Å²) >= 11 is 0. The second-order valence-electron chi connectivity index (χ2n) is 5.41. The van der Waals surface area contributed by atoms with Crippen LogP contribution in [0, 0.1) is 6.92 Å². The molecule has 0 saturated heterocycles. The highest BCUT2D eigenvalue weighted by Gasteiger charge is 2.06. The van der Waals surface area contributed by atoms with Crippen molar-refractivity contribution in [3.8, 4) is 5.75 Å². The Balaban J connectivity index is 0.00000338. The van der Waals surface area contributed by atoms with Gasteiger partial charge in [0.2, 0.25) is 0 Å². The third kappa shape index (κ3) is 7.34. The highest BCUT2D eigenvalue weighted by molar-refractivity contribution is 14.0. The van der Waals surface area contributed by atoms with Crippen molar-refractivity contribution in [2.24, 2.45) is 10.7 Å². The van der Waals surface area contributed by atoms with Crippen LogP contribution in [0.5, 0.6) is 5.75 Å². The summed E-state index contributed by atoms with van der Waals surface area (Å²) in [4.78, 5) is 15.4. The van der Waals surface area contributed by atoms with Crippen LogP contribution in [0.3, 0.4) is 0 Å². The third-order valence-corrected chi connectivity index (χ3v) is 3.33. The molecule has 0 atom stereocenters. The van der Waals surface area contributed by atoms with E-state index in [-0.39, 0.29) is 29.7 Å². The summed E-state index contributed by atoms with van der Waals surface area (Å²) in [6.07, 6.45) is 0. The fourth-order valence-electron chi connectivity index (χ4n) is 2.07. The molecule has 0 saturated carbocycles. The molecular formula is C18H25IN4O3. The molecule has 1 amide bonds. The molecule has 2 rings (SSSR count). The maximum absolute atomic E-state index is 11.0. The van der Waals surface area contributed by atoms with Crippen molar-refractivity contribution in [2.75, 3.05) is 19.7 Å². The summed E-state index contributed by atoms with van der Waals surface area (Å²) in [5.41, 5.74) is 6.36. The minimum Gasteiger partial charge on any atom is -0.492 e. The molecule has 0 bridgehead atoms. The van der Waals surface area contributed by atoms with E-state index < -0.39 is 5.91 Å². The van der Waals surface area contributed by atoms with Crippen molar-refractivity contribution in [1.29, 1.82) is 0 Å².